The van der Waals surface area contributed by atoms with Crippen molar-refractivity contribution in [2.75, 3.05) is 13.2 Å². The molecule has 4 rings (SSSR count). The average molecular weight is 482 g/mol. The highest BCUT2D eigenvalue weighted by molar-refractivity contribution is 6.19. The molecule has 36 heavy (non-hydrogen) atoms. The predicted molar refractivity (Wildman–Crippen MR) is 130 cm³/mol. The highest BCUT2D eigenvalue weighted by Gasteiger charge is 2.35. The minimum Gasteiger partial charge on any atom is -0.457 e. The number of ether oxygens (including phenoxy) is 1. The average Bonchev–Trinajstić information content (AvgIpc) is 3.37. The fraction of sp³-hybridized carbons (Fsp3) is 0.143. The molecule has 0 aliphatic carbocycles. The highest BCUT2D eigenvalue weighted by Crippen LogP contribution is 2.29. The lowest BCUT2D eigenvalue weighted by Crippen LogP contribution is -2.44. The van der Waals surface area contributed by atoms with E-state index in [2.05, 4.69) is 0 Å². The van der Waals surface area contributed by atoms with E-state index in [-0.39, 0.29) is 29.9 Å². The highest BCUT2D eigenvalue weighted by atomic mass is 16.5. The Kier molecular flexibility index (Phi) is 7.23. The van der Waals surface area contributed by atoms with Crippen molar-refractivity contribution in [3.05, 3.63) is 100 Å². The van der Waals surface area contributed by atoms with E-state index < -0.39 is 24.4 Å². The van der Waals surface area contributed by atoms with Gasteiger partial charge in [0.15, 0.2) is 0 Å². The van der Waals surface area contributed by atoms with Crippen molar-refractivity contribution in [2.45, 2.75) is 13.5 Å². The van der Waals surface area contributed by atoms with Crippen molar-refractivity contribution >= 4 is 23.9 Å². The van der Waals surface area contributed by atoms with E-state index in [9.17, 15) is 24.8 Å². The van der Waals surface area contributed by atoms with Crippen molar-refractivity contribution in [3.63, 3.8) is 0 Å². The van der Waals surface area contributed by atoms with Crippen LogP contribution in [0.3, 0.4) is 0 Å². The van der Waals surface area contributed by atoms with Gasteiger partial charge in [0.05, 0.1) is 18.7 Å². The number of amides is 2. The van der Waals surface area contributed by atoms with Gasteiger partial charge in [-0.2, -0.15) is 5.26 Å². The van der Waals surface area contributed by atoms with Gasteiger partial charge in [-0.3, -0.25) is 14.5 Å². The maximum atomic E-state index is 12.9. The molecule has 0 unspecified atom stereocenters. The molecule has 0 saturated heterocycles. The molecule has 1 aromatic heterocycles. The van der Waals surface area contributed by atoms with Gasteiger partial charge in [0.2, 0.25) is 0 Å². The van der Waals surface area contributed by atoms with Gasteiger partial charge in [0.1, 0.15) is 29.8 Å². The smallest absolute Gasteiger partial charge is 0.338 e. The van der Waals surface area contributed by atoms with E-state index in [1.165, 1.54) is 13.0 Å². The monoisotopic (exact) mass is 482 g/mol. The summed E-state index contributed by atoms with van der Waals surface area (Å²) in [6.45, 7) is 1.04. The molecule has 2 amide bonds. The number of β-amino-alcohol motifs (C(OH)–C–C–N with tert-alkyl or cyclic N) is 1. The molecule has 0 fully saturated rings. The molecular weight excluding hydrogens is 460 g/mol. The van der Waals surface area contributed by atoms with E-state index in [0.29, 0.717) is 22.6 Å². The van der Waals surface area contributed by atoms with Gasteiger partial charge in [-0.25, -0.2) is 4.79 Å². The molecule has 1 N–H and O–H groups in total. The fourth-order valence-corrected chi connectivity index (χ4v) is 3.77. The molecule has 3 aromatic rings. The third-order valence-electron chi connectivity index (χ3n) is 5.66. The number of benzene rings is 2. The Morgan fingerprint density at radius 2 is 1.86 bits per heavy atom. The quantitative estimate of drug-likeness (QED) is 0.308. The van der Waals surface area contributed by atoms with Crippen LogP contribution in [0.2, 0.25) is 0 Å². The standard InChI is InChI=1S/C28H22N2O6/c1-18-23(26(32)30(12-13-31)27(33)24(18)16-29)15-22-10-11-25(36-22)20-8-5-9-21(14-20)28(34)35-17-19-6-3-2-4-7-19/h2-11,14-15,31H,12-13,17H2,1H3/b23-15-. The molecule has 8 nitrogen and oxygen atoms in total. The van der Waals surface area contributed by atoms with Crippen LogP contribution in [0, 0.1) is 11.3 Å². The number of hydrogen-bond acceptors (Lipinski definition) is 7. The molecule has 1 aliphatic heterocycles. The normalized spacial score (nSPS) is 14.8. The van der Waals surface area contributed by atoms with Gasteiger partial charge >= 0.3 is 5.97 Å². The van der Waals surface area contributed by atoms with Crippen molar-refractivity contribution in [2.24, 2.45) is 0 Å². The van der Waals surface area contributed by atoms with Gasteiger partial charge in [0.25, 0.3) is 11.8 Å². The Labute approximate surface area is 207 Å². The maximum Gasteiger partial charge on any atom is 0.338 e. The third kappa shape index (κ3) is 5.02. The second-order valence-corrected chi connectivity index (χ2v) is 8.00. The number of aliphatic hydroxyl groups is 1. The van der Waals surface area contributed by atoms with Crippen LogP contribution >= 0.6 is 0 Å². The van der Waals surface area contributed by atoms with Gasteiger partial charge in [0, 0.05) is 11.1 Å². The van der Waals surface area contributed by atoms with Crippen LogP contribution in [0.5, 0.6) is 0 Å². The van der Waals surface area contributed by atoms with Crippen LogP contribution in [0.4, 0.5) is 0 Å². The van der Waals surface area contributed by atoms with Crippen LogP contribution in [0.25, 0.3) is 17.4 Å². The number of hydrogen-bond donors (Lipinski definition) is 1. The predicted octanol–water partition coefficient (Wildman–Crippen LogP) is 3.89. The second kappa shape index (κ2) is 10.7. The molecule has 0 bridgehead atoms. The summed E-state index contributed by atoms with van der Waals surface area (Å²) in [5.41, 5.74) is 2.07. The van der Waals surface area contributed by atoms with Crippen LogP contribution in [-0.4, -0.2) is 40.9 Å². The number of furan rings is 1. The number of rotatable bonds is 7. The Balaban J connectivity index is 1.57. The summed E-state index contributed by atoms with van der Waals surface area (Å²) in [6.07, 6.45) is 1.45. The molecule has 0 spiro atoms. The van der Waals surface area contributed by atoms with E-state index in [0.717, 1.165) is 10.5 Å². The van der Waals surface area contributed by atoms with E-state index in [4.69, 9.17) is 9.15 Å². The topological polar surface area (TPSA) is 121 Å². The summed E-state index contributed by atoms with van der Waals surface area (Å²) in [5.74, 6) is -1.05. The number of carbonyl (C=O) groups is 3. The van der Waals surface area contributed by atoms with Gasteiger partial charge < -0.3 is 14.3 Å². The van der Waals surface area contributed by atoms with Crippen molar-refractivity contribution < 1.29 is 28.6 Å². The first-order valence-electron chi connectivity index (χ1n) is 11.1. The lowest BCUT2D eigenvalue weighted by atomic mass is 9.95. The van der Waals surface area contributed by atoms with Crippen LogP contribution in [0.15, 0.2) is 87.9 Å². The number of nitrogens with zero attached hydrogens (tertiary/aromatic N) is 2. The van der Waals surface area contributed by atoms with Crippen LogP contribution in [-0.2, 0) is 20.9 Å². The summed E-state index contributed by atoms with van der Waals surface area (Å²) in [7, 11) is 0. The minimum absolute atomic E-state index is 0.124. The van der Waals surface area contributed by atoms with Gasteiger partial charge in [-0.1, -0.05) is 42.5 Å². The number of carbonyl (C=O) groups excluding carboxylic acids is 3. The van der Waals surface area contributed by atoms with E-state index >= 15 is 0 Å². The fourth-order valence-electron chi connectivity index (χ4n) is 3.77. The molecule has 1 aliphatic rings. The second-order valence-electron chi connectivity index (χ2n) is 8.00. The SMILES string of the molecule is CC1=C(C#N)C(=O)N(CCO)C(=O)/C1=C\c1ccc(-c2cccc(C(=O)OCc3ccccc3)c2)o1. The molecule has 0 atom stereocenters. The number of imide groups is 1. The third-order valence-corrected chi connectivity index (χ3v) is 5.66. The molecule has 8 heteroatoms. The minimum atomic E-state index is -0.734. The Hall–Kier alpha value is -4.74. The van der Waals surface area contributed by atoms with E-state index in [1.54, 1.807) is 36.4 Å². The number of esters is 1. The van der Waals surface area contributed by atoms with Gasteiger partial charge in [-0.05, 0) is 48.4 Å². The van der Waals surface area contributed by atoms with Crippen molar-refractivity contribution in [1.82, 2.24) is 4.90 Å². The van der Waals surface area contributed by atoms with Crippen molar-refractivity contribution in [3.8, 4) is 17.4 Å². The zero-order valence-electron chi connectivity index (χ0n) is 19.4. The maximum absolute atomic E-state index is 12.9. The Morgan fingerprint density at radius 1 is 1.08 bits per heavy atom. The van der Waals surface area contributed by atoms with Crippen molar-refractivity contribution in [1.29, 1.82) is 5.26 Å². The van der Waals surface area contributed by atoms with Crippen LogP contribution < -0.4 is 0 Å². The summed E-state index contributed by atoms with van der Waals surface area (Å²) in [6, 6.07) is 21.3. The summed E-state index contributed by atoms with van der Waals surface area (Å²) >= 11 is 0. The summed E-state index contributed by atoms with van der Waals surface area (Å²) in [4.78, 5) is 38.6. The first-order chi connectivity index (χ1) is 17.4. The lowest BCUT2D eigenvalue weighted by Gasteiger charge is -2.26. The molecular formula is C28H22N2O6. The number of nitriles is 1. The molecule has 0 radical (unpaired) electrons. The zero-order valence-corrected chi connectivity index (χ0v) is 19.4. The Morgan fingerprint density at radius 3 is 2.58 bits per heavy atom. The van der Waals surface area contributed by atoms with E-state index in [1.807, 2.05) is 36.4 Å². The number of aliphatic hydroxyl groups excluding tert-OH is 1. The molecule has 180 valence electrons. The summed E-state index contributed by atoms with van der Waals surface area (Å²) in [5, 5.41) is 18.6. The molecule has 2 aromatic carbocycles. The zero-order chi connectivity index (χ0) is 25.7. The summed E-state index contributed by atoms with van der Waals surface area (Å²) < 4.78 is 11.3. The van der Waals surface area contributed by atoms with Gasteiger partial charge in [-0.15, -0.1) is 0 Å². The first kappa shape index (κ1) is 24.4. The molecule has 2 heterocycles. The van der Waals surface area contributed by atoms with Crippen LogP contribution in [0.1, 0.15) is 28.6 Å². The molecule has 0 saturated carbocycles. The Bertz CT molecular complexity index is 1430. The first-order valence-corrected chi connectivity index (χ1v) is 11.1. The largest absolute Gasteiger partial charge is 0.457 e. The lowest BCUT2D eigenvalue weighted by molar-refractivity contribution is -0.141.